The fourth-order valence-corrected chi connectivity index (χ4v) is 5.29. The summed E-state index contributed by atoms with van der Waals surface area (Å²) in [6, 6.07) is 16.6. The Bertz CT molecular complexity index is 889. The van der Waals surface area contributed by atoms with Gasteiger partial charge in [-0.1, -0.05) is 48.5 Å². The first-order valence-corrected chi connectivity index (χ1v) is 10.6. The highest BCUT2D eigenvalue weighted by Gasteiger charge is 2.46. The van der Waals surface area contributed by atoms with Crippen LogP contribution in [0.15, 0.2) is 65.6 Å². The van der Waals surface area contributed by atoms with Gasteiger partial charge in [0.25, 0.3) is 0 Å². The van der Waals surface area contributed by atoms with Crippen molar-refractivity contribution in [2.45, 2.75) is 55.0 Å². The molecule has 144 valence electrons. The van der Waals surface area contributed by atoms with Crippen molar-refractivity contribution in [3.63, 3.8) is 0 Å². The molecule has 5 nitrogen and oxygen atoms in total. The van der Waals surface area contributed by atoms with Crippen LogP contribution in [0, 0.1) is 0 Å². The zero-order valence-electron chi connectivity index (χ0n) is 15.8. The highest BCUT2D eigenvalue weighted by Crippen LogP contribution is 2.36. The van der Waals surface area contributed by atoms with Gasteiger partial charge < -0.3 is 4.74 Å². The summed E-state index contributed by atoms with van der Waals surface area (Å²) in [5, 5.41) is 2.45. The number of benzene rings is 2. The van der Waals surface area contributed by atoms with Crippen LogP contribution < -0.4 is 5.32 Å². The predicted octanol–water partition coefficient (Wildman–Crippen LogP) is 3.27. The zero-order valence-corrected chi connectivity index (χ0v) is 16.6. The molecule has 0 saturated carbocycles. The third-order valence-electron chi connectivity index (χ3n) is 4.54. The number of nitrogens with one attached hydrogen (secondary N) is 1. The van der Waals surface area contributed by atoms with Crippen molar-refractivity contribution < 1.29 is 17.9 Å². The van der Waals surface area contributed by atoms with E-state index in [9.17, 15) is 13.2 Å². The molecule has 1 fully saturated rings. The van der Waals surface area contributed by atoms with Gasteiger partial charge in [-0.2, -0.15) is 0 Å². The Hall–Kier alpha value is -2.18. The molecule has 1 heterocycles. The largest absolute Gasteiger partial charge is 0.459 e. The molecule has 0 bridgehead atoms. The van der Waals surface area contributed by atoms with Gasteiger partial charge in [-0.25, -0.2) is 8.42 Å². The van der Waals surface area contributed by atoms with E-state index in [1.165, 1.54) is 0 Å². The molecule has 1 saturated heterocycles. The van der Waals surface area contributed by atoms with E-state index in [0.29, 0.717) is 0 Å². The molecular formula is C21H25NO4S. The predicted molar refractivity (Wildman–Crippen MR) is 104 cm³/mol. The van der Waals surface area contributed by atoms with Crippen molar-refractivity contribution in [3.8, 4) is 0 Å². The molecule has 0 amide bonds. The summed E-state index contributed by atoms with van der Waals surface area (Å²) in [5.41, 5.74) is 0.213. The Balaban J connectivity index is 1.95. The van der Waals surface area contributed by atoms with Gasteiger partial charge in [0.05, 0.1) is 16.2 Å². The van der Waals surface area contributed by atoms with Crippen LogP contribution in [0.3, 0.4) is 0 Å². The van der Waals surface area contributed by atoms with Crippen LogP contribution in [0.5, 0.6) is 0 Å². The van der Waals surface area contributed by atoms with E-state index < -0.39 is 38.7 Å². The van der Waals surface area contributed by atoms with E-state index in [1.54, 1.807) is 51.1 Å². The highest BCUT2D eigenvalue weighted by atomic mass is 32.2. The Kier molecular flexibility index (Phi) is 5.40. The zero-order chi connectivity index (χ0) is 19.7. The first-order valence-electron chi connectivity index (χ1n) is 9.01. The van der Waals surface area contributed by atoms with Gasteiger partial charge in [-0.3, -0.25) is 10.1 Å². The molecule has 3 unspecified atom stereocenters. The Labute approximate surface area is 160 Å². The standard InChI is InChI=1S/C21H25NO4S/c1-21(2,3)26-20(23)17-14-18(19(22-17)15-10-6-4-7-11-15)27(24,25)16-12-8-5-9-13-16/h4-13,17-19,22H,14H2,1-3H3. The number of carbonyl (C=O) groups excluding carboxylic acids is 1. The molecule has 0 radical (unpaired) electrons. The summed E-state index contributed by atoms with van der Waals surface area (Å²) < 4.78 is 32.0. The Morgan fingerprint density at radius 1 is 1.00 bits per heavy atom. The summed E-state index contributed by atoms with van der Waals surface area (Å²) in [7, 11) is -3.62. The monoisotopic (exact) mass is 387 g/mol. The molecule has 2 aromatic carbocycles. The fraction of sp³-hybridized carbons (Fsp3) is 0.381. The second-order valence-electron chi connectivity index (χ2n) is 7.77. The third kappa shape index (κ3) is 4.39. The van der Waals surface area contributed by atoms with Crippen LogP contribution in [-0.4, -0.2) is 31.3 Å². The molecule has 3 rings (SSSR count). The van der Waals surface area contributed by atoms with E-state index in [0.717, 1.165) is 5.56 Å². The van der Waals surface area contributed by atoms with Crippen molar-refractivity contribution in [1.29, 1.82) is 0 Å². The molecule has 1 N–H and O–H groups in total. The fourth-order valence-electron chi connectivity index (χ4n) is 3.36. The van der Waals surface area contributed by atoms with Gasteiger partial charge >= 0.3 is 5.97 Å². The molecule has 1 aliphatic rings. The number of ether oxygens (including phenoxy) is 1. The minimum Gasteiger partial charge on any atom is -0.459 e. The van der Waals surface area contributed by atoms with E-state index in [2.05, 4.69) is 5.32 Å². The first-order chi connectivity index (χ1) is 12.7. The lowest BCUT2D eigenvalue weighted by atomic mass is 10.1. The number of hydrogen-bond donors (Lipinski definition) is 1. The van der Waals surface area contributed by atoms with Crippen LogP contribution in [0.2, 0.25) is 0 Å². The summed E-state index contributed by atoms with van der Waals surface area (Å²) in [6.07, 6.45) is 0.172. The van der Waals surface area contributed by atoms with Crippen LogP contribution in [0.1, 0.15) is 38.8 Å². The van der Waals surface area contributed by atoms with Gasteiger partial charge in [0, 0.05) is 0 Å². The second kappa shape index (κ2) is 7.44. The third-order valence-corrected chi connectivity index (χ3v) is 6.73. The average molecular weight is 388 g/mol. The maximum Gasteiger partial charge on any atom is 0.323 e. The lowest BCUT2D eigenvalue weighted by Crippen LogP contribution is -2.38. The number of esters is 1. The van der Waals surface area contributed by atoms with Gasteiger partial charge in [-0.05, 0) is 44.9 Å². The maximum absolute atomic E-state index is 13.3. The van der Waals surface area contributed by atoms with Gasteiger partial charge in [-0.15, -0.1) is 0 Å². The van der Waals surface area contributed by atoms with Gasteiger partial charge in [0.1, 0.15) is 11.6 Å². The lowest BCUT2D eigenvalue weighted by molar-refractivity contribution is -0.157. The highest BCUT2D eigenvalue weighted by molar-refractivity contribution is 7.92. The van der Waals surface area contributed by atoms with E-state index in [1.807, 2.05) is 30.3 Å². The maximum atomic E-state index is 13.3. The quantitative estimate of drug-likeness (QED) is 0.815. The lowest BCUT2D eigenvalue weighted by Gasteiger charge is -2.22. The SMILES string of the molecule is CC(C)(C)OC(=O)C1CC(S(=O)(=O)c2ccccc2)C(c2ccccc2)N1. The van der Waals surface area contributed by atoms with Crippen molar-refractivity contribution in [2.75, 3.05) is 0 Å². The van der Waals surface area contributed by atoms with Crippen molar-refractivity contribution in [3.05, 3.63) is 66.2 Å². The van der Waals surface area contributed by atoms with Crippen molar-refractivity contribution in [1.82, 2.24) is 5.32 Å². The summed E-state index contributed by atoms with van der Waals surface area (Å²) in [4.78, 5) is 12.8. The second-order valence-corrected chi connectivity index (χ2v) is 9.94. The molecule has 0 aromatic heterocycles. The van der Waals surface area contributed by atoms with Crippen LogP contribution >= 0.6 is 0 Å². The minimum atomic E-state index is -3.62. The molecule has 6 heteroatoms. The molecule has 27 heavy (non-hydrogen) atoms. The number of hydrogen-bond acceptors (Lipinski definition) is 5. The van der Waals surface area contributed by atoms with Gasteiger partial charge in [0.15, 0.2) is 9.84 Å². The molecule has 2 aromatic rings. The average Bonchev–Trinajstić information content (AvgIpc) is 3.08. The molecule has 3 atom stereocenters. The topological polar surface area (TPSA) is 72.5 Å². The molecule has 0 aliphatic carbocycles. The Morgan fingerprint density at radius 3 is 2.11 bits per heavy atom. The van der Waals surface area contributed by atoms with Crippen LogP contribution in [0.4, 0.5) is 0 Å². The molecule has 0 spiro atoms. The van der Waals surface area contributed by atoms with E-state index in [-0.39, 0.29) is 11.3 Å². The van der Waals surface area contributed by atoms with Crippen molar-refractivity contribution in [2.24, 2.45) is 0 Å². The first kappa shape index (κ1) is 19.6. The van der Waals surface area contributed by atoms with Crippen LogP contribution in [0.25, 0.3) is 0 Å². The number of sulfone groups is 1. The number of rotatable bonds is 4. The smallest absolute Gasteiger partial charge is 0.323 e. The Morgan fingerprint density at radius 2 is 1.56 bits per heavy atom. The molecular weight excluding hydrogens is 362 g/mol. The van der Waals surface area contributed by atoms with Crippen molar-refractivity contribution >= 4 is 15.8 Å². The minimum absolute atomic E-state index is 0.172. The van der Waals surface area contributed by atoms with Crippen LogP contribution in [-0.2, 0) is 19.4 Å². The van der Waals surface area contributed by atoms with E-state index in [4.69, 9.17) is 4.74 Å². The van der Waals surface area contributed by atoms with Gasteiger partial charge in [0.2, 0.25) is 0 Å². The number of carbonyl (C=O) groups is 1. The summed E-state index contributed by atoms with van der Waals surface area (Å²) >= 11 is 0. The summed E-state index contributed by atoms with van der Waals surface area (Å²) in [5.74, 6) is -0.422. The summed E-state index contributed by atoms with van der Waals surface area (Å²) in [6.45, 7) is 5.40. The molecule has 1 aliphatic heterocycles. The normalized spacial score (nSPS) is 23.1. The van der Waals surface area contributed by atoms with E-state index >= 15 is 0 Å².